The summed E-state index contributed by atoms with van der Waals surface area (Å²) < 4.78 is -0.0916. The van der Waals surface area contributed by atoms with E-state index in [2.05, 4.69) is 67.1 Å². The van der Waals surface area contributed by atoms with E-state index >= 15 is 0 Å². The second kappa shape index (κ2) is 4.98. The molecule has 0 fully saturated rings. The minimum atomic E-state index is -0.0916. The van der Waals surface area contributed by atoms with Crippen LogP contribution in [0, 0.1) is 0 Å². The summed E-state index contributed by atoms with van der Waals surface area (Å²) >= 11 is 4.44. The van der Waals surface area contributed by atoms with Gasteiger partial charge in [0.25, 0.3) is 0 Å². The molecule has 16 heavy (non-hydrogen) atoms. The number of thiol groups is 1. The Morgan fingerprint density at radius 3 is 1.50 bits per heavy atom. The molecule has 82 valence electrons. The first-order chi connectivity index (χ1) is 7.77. The van der Waals surface area contributed by atoms with Crippen molar-refractivity contribution < 1.29 is 0 Å². The molecule has 2 rings (SSSR count). The molecule has 2 aromatic carbocycles. The summed E-state index contributed by atoms with van der Waals surface area (Å²) in [5.74, 6) is 0. The van der Waals surface area contributed by atoms with Gasteiger partial charge in [-0.05, 0) is 18.1 Å². The fraction of sp³-hybridized carbons (Fsp3) is 0.143. The van der Waals surface area contributed by atoms with Crippen molar-refractivity contribution in [1.29, 1.82) is 0 Å². The van der Waals surface area contributed by atoms with Gasteiger partial charge in [0.1, 0.15) is 0 Å². The van der Waals surface area contributed by atoms with Crippen LogP contribution in [0.2, 0.25) is 0 Å². The molecule has 0 saturated carbocycles. The van der Waals surface area contributed by atoms with Crippen LogP contribution in [-0.2, 0) is 4.75 Å². The molecule has 0 unspecified atom stereocenters. The lowest BCUT2D eigenvalue weighted by Crippen LogP contribution is -2.17. The first kappa shape index (κ1) is 11.6. The summed E-state index contributed by atoms with van der Waals surface area (Å²) in [6.45, 7) is 2.20. The third-order valence-corrected chi connectivity index (χ3v) is 4.76. The highest BCUT2D eigenvalue weighted by Crippen LogP contribution is 2.43. The lowest BCUT2D eigenvalue weighted by Gasteiger charge is -2.27. The molecular weight excluding hydrogens is 232 g/mol. The summed E-state index contributed by atoms with van der Waals surface area (Å²) in [6, 6.07) is 21.0. The van der Waals surface area contributed by atoms with Crippen molar-refractivity contribution in [2.24, 2.45) is 0 Å². The summed E-state index contributed by atoms with van der Waals surface area (Å²) in [5.41, 5.74) is 2.56. The third-order valence-electron chi connectivity index (χ3n) is 2.83. The summed E-state index contributed by atoms with van der Waals surface area (Å²) in [5, 5.41) is 0. The number of rotatable bonds is 3. The van der Waals surface area contributed by atoms with Gasteiger partial charge in [0.05, 0.1) is 4.75 Å². The van der Waals surface area contributed by atoms with Crippen LogP contribution in [0.1, 0.15) is 18.1 Å². The highest BCUT2D eigenvalue weighted by molar-refractivity contribution is 8.69. The van der Waals surface area contributed by atoms with Crippen LogP contribution in [0.3, 0.4) is 0 Å². The maximum atomic E-state index is 4.44. The largest absolute Gasteiger partial charge is 0.110 e. The van der Waals surface area contributed by atoms with E-state index in [0.29, 0.717) is 0 Å². The summed E-state index contributed by atoms with van der Waals surface area (Å²) in [6.07, 6.45) is 0. The number of hydrogen-bond acceptors (Lipinski definition) is 2. The molecule has 0 N–H and O–H groups in total. The fourth-order valence-electron chi connectivity index (χ4n) is 1.78. The van der Waals surface area contributed by atoms with Crippen molar-refractivity contribution in [2.75, 3.05) is 0 Å². The van der Waals surface area contributed by atoms with E-state index in [-0.39, 0.29) is 4.75 Å². The Morgan fingerprint density at radius 2 is 1.19 bits per heavy atom. The molecule has 0 atom stereocenters. The van der Waals surface area contributed by atoms with E-state index in [4.69, 9.17) is 0 Å². The van der Waals surface area contributed by atoms with E-state index in [1.54, 1.807) is 10.8 Å². The predicted molar refractivity (Wildman–Crippen MR) is 75.9 cm³/mol. The molecule has 0 aromatic heterocycles. The average Bonchev–Trinajstić information content (AvgIpc) is 2.40. The van der Waals surface area contributed by atoms with E-state index in [9.17, 15) is 0 Å². The van der Waals surface area contributed by atoms with Gasteiger partial charge in [-0.1, -0.05) is 71.5 Å². The molecule has 0 nitrogen and oxygen atoms in total. The summed E-state index contributed by atoms with van der Waals surface area (Å²) in [4.78, 5) is 0. The predicted octanol–water partition coefficient (Wildman–Crippen LogP) is 4.53. The van der Waals surface area contributed by atoms with Gasteiger partial charge in [-0.2, -0.15) is 0 Å². The Balaban J connectivity index is 2.49. The zero-order valence-corrected chi connectivity index (χ0v) is 10.8. The minimum Gasteiger partial charge on any atom is -0.110 e. The van der Waals surface area contributed by atoms with E-state index in [1.165, 1.54) is 11.1 Å². The molecule has 0 aliphatic heterocycles. The highest BCUT2D eigenvalue weighted by atomic mass is 33.1. The topological polar surface area (TPSA) is 0 Å². The second-order valence-corrected chi connectivity index (χ2v) is 5.40. The SMILES string of the molecule is CC(SS)(c1ccccc1)c1ccccc1. The lowest BCUT2D eigenvalue weighted by atomic mass is 9.92. The number of hydrogen-bond donors (Lipinski definition) is 1. The van der Waals surface area contributed by atoms with Crippen LogP contribution in [0.25, 0.3) is 0 Å². The smallest absolute Gasteiger partial charge is 0.0729 e. The molecule has 0 amide bonds. The molecule has 0 heterocycles. The average molecular weight is 246 g/mol. The van der Waals surface area contributed by atoms with Gasteiger partial charge in [-0.15, -0.1) is 11.7 Å². The van der Waals surface area contributed by atoms with Gasteiger partial charge in [0, 0.05) is 0 Å². The van der Waals surface area contributed by atoms with Gasteiger partial charge in [0.2, 0.25) is 0 Å². The summed E-state index contributed by atoms with van der Waals surface area (Å²) in [7, 11) is 1.57. The lowest BCUT2D eigenvalue weighted by molar-refractivity contribution is 0.846. The Kier molecular flexibility index (Phi) is 3.62. The van der Waals surface area contributed by atoms with Crippen molar-refractivity contribution in [3.63, 3.8) is 0 Å². The Hall–Kier alpha value is -0.860. The zero-order valence-electron chi connectivity index (χ0n) is 9.13. The molecule has 2 heteroatoms. The molecule has 0 aliphatic rings. The molecule has 0 spiro atoms. The highest BCUT2D eigenvalue weighted by Gasteiger charge is 2.27. The van der Waals surface area contributed by atoms with Gasteiger partial charge in [-0.3, -0.25) is 0 Å². The van der Waals surface area contributed by atoms with Gasteiger partial charge < -0.3 is 0 Å². The fourth-order valence-corrected chi connectivity index (χ4v) is 2.90. The Bertz CT molecular complexity index is 397. The van der Waals surface area contributed by atoms with Crippen molar-refractivity contribution >= 4 is 22.5 Å². The first-order valence-corrected chi connectivity index (χ1v) is 7.08. The minimum absolute atomic E-state index is 0.0916. The maximum Gasteiger partial charge on any atom is 0.0729 e. The van der Waals surface area contributed by atoms with Crippen LogP contribution in [0.4, 0.5) is 0 Å². The van der Waals surface area contributed by atoms with Crippen LogP contribution < -0.4 is 0 Å². The molecule has 2 aromatic rings. The second-order valence-electron chi connectivity index (χ2n) is 3.86. The molecular formula is C14H14S2. The molecule has 0 saturated heterocycles. The van der Waals surface area contributed by atoms with Crippen LogP contribution in [0.5, 0.6) is 0 Å². The van der Waals surface area contributed by atoms with E-state index < -0.39 is 0 Å². The van der Waals surface area contributed by atoms with Crippen molar-refractivity contribution in [3.8, 4) is 0 Å². The van der Waals surface area contributed by atoms with Crippen LogP contribution >= 0.6 is 22.5 Å². The monoisotopic (exact) mass is 246 g/mol. The quantitative estimate of drug-likeness (QED) is 0.613. The van der Waals surface area contributed by atoms with Crippen LogP contribution in [0.15, 0.2) is 60.7 Å². The van der Waals surface area contributed by atoms with Crippen molar-refractivity contribution in [1.82, 2.24) is 0 Å². The van der Waals surface area contributed by atoms with Crippen LogP contribution in [-0.4, -0.2) is 0 Å². The maximum absolute atomic E-state index is 4.44. The number of benzene rings is 2. The normalized spacial score (nSPS) is 11.4. The Labute approximate surface area is 106 Å². The molecule has 0 aliphatic carbocycles. The van der Waals surface area contributed by atoms with Crippen molar-refractivity contribution in [2.45, 2.75) is 11.7 Å². The molecule has 0 bridgehead atoms. The van der Waals surface area contributed by atoms with Crippen molar-refractivity contribution in [3.05, 3.63) is 71.8 Å². The first-order valence-electron chi connectivity index (χ1n) is 5.21. The molecule has 0 radical (unpaired) electrons. The third kappa shape index (κ3) is 2.13. The van der Waals surface area contributed by atoms with Gasteiger partial charge >= 0.3 is 0 Å². The van der Waals surface area contributed by atoms with Gasteiger partial charge in [-0.25, -0.2) is 0 Å². The zero-order chi connectivity index (χ0) is 11.4. The Morgan fingerprint density at radius 1 is 0.812 bits per heavy atom. The van der Waals surface area contributed by atoms with E-state index in [0.717, 1.165) is 0 Å². The standard InChI is InChI=1S/C14H14S2/c1-14(16-15,12-8-4-2-5-9-12)13-10-6-3-7-11-13/h2-11,15H,1H3. The van der Waals surface area contributed by atoms with E-state index in [1.807, 2.05) is 12.1 Å². The van der Waals surface area contributed by atoms with Gasteiger partial charge in [0.15, 0.2) is 0 Å².